The van der Waals surface area contributed by atoms with Crippen molar-refractivity contribution in [3.05, 3.63) is 18.0 Å². The highest BCUT2D eigenvalue weighted by molar-refractivity contribution is 5.84. The Hall–Kier alpha value is -2.39. The number of nitrogens with zero attached hydrogens (tertiary/aromatic N) is 4. The summed E-state index contributed by atoms with van der Waals surface area (Å²) >= 11 is 0. The monoisotopic (exact) mass is 316 g/mol. The van der Waals surface area contributed by atoms with Gasteiger partial charge in [-0.2, -0.15) is 17.7 Å². The van der Waals surface area contributed by atoms with E-state index < -0.39 is 18.0 Å². The fourth-order valence-corrected chi connectivity index (χ4v) is 1.89. The normalized spacial score (nSPS) is 13.4. The first kappa shape index (κ1) is 16.0. The van der Waals surface area contributed by atoms with Gasteiger partial charge in [0, 0.05) is 7.05 Å². The molecule has 0 spiro atoms. The summed E-state index contributed by atoms with van der Waals surface area (Å²) in [5, 5.41) is 15.6. The highest BCUT2D eigenvalue weighted by Gasteiger charge is 2.37. The number of aromatic nitrogens is 4. The molecule has 120 valence electrons. The largest absolute Gasteiger partial charge is 0.453 e. The van der Waals surface area contributed by atoms with Crippen LogP contribution in [-0.2, 0) is 11.0 Å². The molecule has 2 aromatic heterocycles. The van der Waals surface area contributed by atoms with Gasteiger partial charge in [-0.15, -0.1) is 15.3 Å². The molecule has 1 amide bonds. The van der Waals surface area contributed by atoms with Crippen LogP contribution in [0.1, 0.15) is 19.7 Å². The van der Waals surface area contributed by atoms with Crippen molar-refractivity contribution in [1.82, 2.24) is 25.1 Å². The smallest absolute Gasteiger partial charge is 0.357 e. The molecule has 1 unspecified atom stereocenters. The Morgan fingerprint density at radius 3 is 2.50 bits per heavy atom. The van der Waals surface area contributed by atoms with Crippen LogP contribution in [-0.4, -0.2) is 38.8 Å². The summed E-state index contributed by atoms with van der Waals surface area (Å²) in [6.07, 6.45) is -4.66. The van der Waals surface area contributed by atoms with Gasteiger partial charge < -0.3 is 10.6 Å². The number of nitrogens with one attached hydrogen (secondary N) is 2. The molecule has 0 aliphatic carbocycles. The molecule has 0 bridgehead atoms. The first-order valence-electron chi connectivity index (χ1n) is 6.52. The highest BCUT2D eigenvalue weighted by Crippen LogP contribution is 2.27. The molecule has 0 saturated carbocycles. The van der Waals surface area contributed by atoms with E-state index in [9.17, 15) is 18.0 Å². The van der Waals surface area contributed by atoms with E-state index in [1.807, 2.05) is 13.8 Å². The summed E-state index contributed by atoms with van der Waals surface area (Å²) in [5.74, 6) is -1.45. The summed E-state index contributed by atoms with van der Waals surface area (Å²) in [4.78, 5) is 11.8. The second kappa shape index (κ2) is 5.78. The second-order valence-electron chi connectivity index (χ2n) is 4.99. The molecule has 7 nitrogen and oxygen atoms in total. The van der Waals surface area contributed by atoms with Crippen LogP contribution in [0.3, 0.4) is 0 Å². The van der Waals surface area contributed by atoms with Crippen molar-refractivity contribution in [2.24, 2.45) is 5.92 Å². The van der Waals surface area contributed by atoms with Crippen LogP contribution in [0.4, 0.5) is 19.0 Å². The lowest BCUT2D eigenvalue weighted by molar-refractivity contribution is -0.146. The molecule has 2 rings (SSSR count). The van der Waals surface area contributed by atoms with Gasteiger partial charge >= 0.3 is 6.18 Å². The number of hydrogen-bond acceptors (Lipinski definition) is 5. The predicted molar refractivity (Wildman–Crippen MR) is 72.1 cm³/mol. The van der Waals surface area contributed by atoms with Gasteiger partial charge in [-0.3, -0.25) is 4.79 Å². The minimum Gasteiger partial charge on any atom is -0.357 e. The van der Waals surface area contributed by atoms with Crippen LogP contribution in [0.15, 0.2) is 12.1 Å². The van der Waals surface area contributed by atoms with Gasteiger partial charge in [0.25, 0.3) is 5.82 Å². The average Bonchev–Trinajstić information content (AvgIpc) is 2.86. The number of carbonyl (C=O) groups is 1. The van der Waals surface area contributed by atoms with E-state index in [4.69, 9.17) is 0 Å². The van der Waals surface area contributed by atoms with E-state index in [0.717, 1.165) is 0 Å². The number of fused-ring (bicyclic) bond motifs is 1. The zero-order valence-corrected chi connectivity index (χ0v) is 12.1. The zero-order chi connectivity index (χ0) is 16.5. The van der Waals surface area contributed by atoms with Gasteiger partial charge in [-0.25, -0.2) is 0 Å². The fraction of sp³-hybridized carbons (Fsp3) is 0.500. The molecule has 0 aromatic carbocycles. The Kier molecular flexibility index (Phi) is 4.20. The van der Waals surface area contributed by atoms with Crippen LogP contribution in [0.5, 0.6) is 0 Å². The number of hydrogen-bond donors (Lipinski definition) is 2. The van der Waals surface area contributed by atoms with Crippen LogP contribution >= 0.6 is 0 Å². The summed E-state index contributed by atoms with van der Waals surface area (Å²) in [5.41, 5.74) is -0.0288. The molecular weight excluding hydrogens is 301 g/mol. The van der Waals surface area contributed by atoms with Gasteiger partial charge in [-0.05, 0) is 18.1 Å². The quantitative estimate of drug-likeness (QED) is 0.889. The lowest BCUT2D eigenvalue weighted by Crippen LogP contribution is -2.41. The van der Waals surface area contributed by atoms with Crippen LogP contribution in [0.25, 0.3) is 5.65 Å². The van der Waals surface area contributed by atoms with E-state index in [2.05, 4.69) is 25.9 Å². The number of anilines is 1. The highest BCUT2D eigenvalue weighted by atomic mass is 19.4. The fourth-order valence-electron chi connectivity index (χ4n) is 1.89. The maximum atomic E-state index is 12.8. The maximum absolute atomic E-state index is 12.8. The van der Waals surface area contributed by atoms with Gasteiger partial charge in [0.15, 0.2) is 5.65 Å². The second-order valence-corrected chi connectivity index (χ2v) is 4.99. The van der Waals surface area contributed by atoms with Crippen LogP contribution < -0.4 is 10.6 Å². The molecule has 0 aliphatic heterocycles. The maximum Gasteiger partial charge on any atom is 0.453 e. The summed E-state index contributed by atoms with van der Waals surface area (Å²) in [6, 6.07) is 2.17. The molecule has 0 aliphatic rings. The number of carbonyl (C=O) groups excluding carboxylic acids is 1. The predicted octanol–water partition coefficient (Wildman–Crippen LogP) is 1.33. The Balaban J connectivity index is 2.38. The van der Waals surface area contributed by atoms with E-state index in [-0.39, 0.29) is 23.3 Å². The van der Waals surface area contributed by atoms with Crippen molar-refractivity contribution in [3.63, 3.8) is 0 Å². The molecule has 0 fully saturated rings. The van der Waals surface area contributed by atoms with Crippen molar-refractivity contribution in [2.45, 2.75) is 26.1 Å². The topological polar surface area (TPSA) is 84.2 Å². The molecule has 2 heterocycles. The number of alkyl halides is 3. The molecule has 2 aromatic rings. The molecule has 22 heavy (non-hydrogen) atoms. The Labute approximate surface area is 123 Å². The molecule has 2 N–H and O–H groups in total. The molecule has 0 saturated heterocycles. The first-order chi connectivity index (χ1) is 10.2. The molecule has 10 heteroatoms. The third kappa shape index (κ3) is 3.10. The van der Waals surface area contributed by atoms with Gasteiger partial charge in [0.05, 0.1) is 0 Å². The lowest BCUT2D eigenvalue weighted by Gasteiger charge is -2.21. The molecule has 1 atom stereocenters. The zero-order valence-electron chi connectivity index (χ0n) is 12.1. The van der Waals surface area contributed by atoms with E-state index >= 15 is 0 Å². The Morgan fingerprint density at radius 1 is 1.27 bits per heavy atom. The number of halogens is 3. The van der Waals surface area contributed by atoms with Crippen molar-refractivity contribution in [2.75, 3.05) is 12.4 Å². The van der Waals surface area contributed by atoms with E-state index in [1.54, 1.807) is 0 Å². The van der Waals surface area contributed by atoms with Crippen LogP contribution in [0, 0.1) is 5.92 Å². The first-order valence-corrected chi connectivity index (χ1v) is 6.52. The number of rotatable bonds is 4. The molecular formula is C12H15F3N6O. The summed E-state index contributed by atoms with van der Waals surface area (Å²) in [7, 11) is 1.48. The minimum atomic E-state index is -4.66. The summed E-state index contributed by atoms with van der Waals surface area (Å²) in [6.45, 7) is 3.62. The Morgan fingerprint density at radius 2 is 1.95 bits per heavy atom. The molecule has 0 radical (unpaired) electrons. The average molecular weight is 316 g/mol. The van der Waals surface area contributed by atoms with Crippen LogP contribution in [0.2, 0.25) is 0 Å². The number of likely N-dealkylation sites (N-methyl/N-ethyl adjacent to an activating group) is 1. The third-order valence-corrected chi connectivity index (χ3v) is 3.02. The van der Waals surface area contributed by atoms with Crippen molar-refractivity contribution < 1.29 is 18.0 Å². The van der Waals surface area contributed by atoms with E-state index in [0.29, 0.717) is 4.52 Å². The lowest BCUT2D eigenvalue weighted by atomic mass is 10.0. The minimum absolute atomic E-state index is 0.0288. The SMILES string of the molecule is CNC(=O)C(Nc1ccc2nnc(C(F)(F)F)n2n1)C(C)C. The summed E-state index contributed by atoms with van der Waals surface area (Å²) < 4.78 is 39.0. The number of amides is 1. The van der Waals surface area contributed by atoms with Gasteiger partial charge in [-0.1, -0.05) is 13.8 Å². The van der Waals surface area contributed by atoms with E-state index in [1.165, 1.54) is 19.2 Å². The van der Waals surface area contributed by atoms with Gasteiger partial charge in [0.2, 0.25) is 5.91 Å². The van der Waals surface area contributed by atoms with Crippen molar-refractivity contribution in [3.8, 4) is 0 Å². The van der Waals surface area contributed by atoms with Crippen molar-refractivity contribution >= 4 is 17.4 Å². The Bertz CT molecular complexity index is 681. The third-order valence-electron chi connectivity index (χ3n) is 3.02. The van der Waals surface area contributed by atoms with Gasteiger partial charge in [0.1, 0.15) is 11.9 Å². The van der Waals surface area contributed by atoms with Crippen molar-refractivity contribution in [1.29, 1.82) is 0 Å². The standard InChI is InChI=1S/C12H15F3N6O/c1-6(2)9(10(22)16-3)17-7-4-5-8-18-19-11(12(13,14)15)21(8)20-7/h4-6,9H,1-3H3,(H,16,22)(H,17,20).